The molecule has 1 saturated heterocycles. The highest BCUT2D eigenvalue weighted by Crippen LogP contribution is 2.16. The molecule has 0 radical (unpaired) electrons. The van der Waals surface area contributed by atoms with Gasteiger partial charge in [0.1, 0.15) is 6.61 Å². The molecule has 1 aliphatic heterocycles. The topological polar surface area (TPSA) is 53.3 Å². The largest absolute Gasteiger partial charge is 0.445 e. The molecule has 0 aliphatic carbocycles. The van der Waals surface area contributed by atoms with Crippen molar-refractivity contribution < 1.29 is 9.53 Å². The molecule has 1 aromatic rings. The first-order valence-corrected chi connectivity index (χ1v) is 5.83. The molecule has 1 aromatic carbocycles. The van der Waals surface area contributed by atoms with E-state index in [4.69, 9.17) is 10.00 Å². The maximum atomic E-state index is 11.8. The molecule has 0 unspecified atom stereocenters. The molecule has 4 heteroatoms. The molecule has 18 heavy (non-hydrogen) atoms. The van der Waals surface area contributed by atoms with Gasteiger partial charge in [-0.25, -0.2) is 4.79 Å². The Balaban J connectivity index is 1.83. The summed E-state index contributed by atoms with van der Waals surface area (Å²) in [5.74, 6) is 0. The minimum Gasteiger partial charge on any atom is -0.445 e. The van der Waals surface area contributed by atoms with E-state index in [1.54, 1.807) is 4.90 Å². The number of allylic oxidation sites excluding steroid dienone is 1. The highest BCUT2D eigenvalue weighted by molar-refractivity contribution is 5.68. The van der Waals surface area contributed by atoms with E-state index in [2.05, 4.69) is 0 Å². The highest BCUT2D eigenvalue weighted by Gasteiger charge is 2.22. The van der Waals surface area contributed by atoms with Gasteiger partial charge in [0.2, 0.25) is 0 Å². The van der Waals surface area contributed by atoms with E-state index in [9.17, 15) is 4.79 Å². The van der Waals surface area contributed by atoms with Crippen LogP contribution in [-0.4, -0.2) is 24.1 Å². The monoisotopic (exact) mass is 242 g/mol. The number of carbonyl (C=O) groups excluding carboxylic acids is 1. The molecule has 1 aliphatic rings. The van der Waals surface area contributed by atoms with E-state index < -0.39 is 0 Å². The third-order valence-corrected chi connectivity index (χ3v) is 2.83. The minimum atomic E-state index is -0.319. The van der Waals surface area contributed by atoms with Crippen LogP contribution in [0.25, 0.3) is 0 Å². The van der Waals surface area contributed by atoms with Crippen molar-refractivity contribution in [3.63, 3.8) is 0 Å². The zero-order chi connectivity index (χ0) is 12.8. The smallest absolute Gasteiger partial charge is 0.410 e. The summed E-state index contributed by atoms with van der Waals surface area (Å²) in [7, 11) is 0. The van der Waals surface area contributed by atoms with Crippen LogP contribution in [0.15, 0.2) is 42.0 Å². The Morgan fingerprint density at radius 1 is 1.44 bits per heavy atom. The lowest BCUT2D eigenvalue weighted by molar-refractivity contribution is 0.105. The van der Waals surface area contributed by atoms with Crippen LogP contribution in [0, 0.1) is 11.3 Å². The zero-order valence-corrected chi connectivity index (χ0v) is 10.0. The Morgan fingerprint density at radius 2 is 2.22 bits per heavy atom. The summed E-state index contributed by atoms with van der Waals surface area (Å²) >= 11 is 0. The van der Waals surface area contributed by atoms with Gasteiger partial charge in [0.25, 0.3) is 0 Å². The Morgan fingerprint density at radius 3 is 2.94 bits per heavy atom. The number of carbonyl (C=O) groups is 1. The number of rotatable bonds is 2. The van der Waals surface area contributed by atoms with Crippen molar-refractivity contribution in [1.82, 2.24) is 4.90 Å². The van der Waals surface area contributed by atoms with Crippen LogP contribution in [0.4, 0.5) is 4.79 Å². The number of nitriles is 1. The van der Waals surface area contributed by atoms with Crippen molar-refractivity contribution in [3.05, 3.63) is 47.5 Å². The normalized spacial score (nSPS) is 16.6. The first-order chi connectivity index (χ1) is 8.79. The quantitative estimate of drug-likeness (QED) is 0.748. The average Bonchev–Trinajstić information content (AvgIpc) is 2.86. The second kappa shape index (κ2) is 5.87. The van der Waals surface area contributed by atoms with Crippen molar-refractivity contribution in [2.45, 2.75) is 13.0 Å². The highest BCUT2D eigenvalue weighted by atomic mass is 16.6. The second-order valence-electron chi connectivity index (χ2n) is 4.14. The number of nitrogens with zero attached hydrogens (tertiary/aromatic N) is 2. The lowest BCUT2D eigenvalue weighted by Gasteiger charge is -2.14. The van der Waals surface area contributed by atoms with Gasteiger partial charge >= 0.3 is 6.09 Å². The third kappa shape index (κ3) is 3.11. The summed E-state index contributed by atoms with van der Waals surface area (Å²) in [4.78, 5) is 13.4. The van der Waals surface area contributed by atoms with E-state index >= 15 is 0 Å². The second-order valence-corrected chi connectivity index (χ2v) is 4.14. The minimum absolute atomic E-state index is 0.285. The first-order valence-electron chi connectivity index (χ1n) is 5.83. The SMILES string of the molecule is N#C/C=C1/CCN(C(=O)OCc2ccccc2)C1. The summed E-state index contributed by atoms with van der Waals surface area (Å²) in [6.07, 6.45) is 1.94. The standard InChI is InChI=1S/C14H14N2O2/c15-8-6-12-7-9-16(10-12)14(17)18-11-13-4-2-1-3-5-13/h1-6H,7,9-11H2/b12-6-. The van der Waals surface area contributed by atoms with Crippen LogP contribution < -0.4 is 0 Å². The molecule has 1 amide bonds. The van der Waals surface area contributed by atoms with E-state index in [1.807, 2.05) is 36.4 Å². The Hall–Kier alpha value is -2.28. The van der Waals surface area contributed by atoms with Gasteiger partial charge in [0, 0.05) is 19.2 Å². The van der Waals surface area contributed by atoms with Crippen LogP contribution in [0.5, 0.6) is 0 Å². The number of benzene rings is 1. The van der Waals surface area contributed by atoms with Gasteiger partial charge in [-0.15, -0.1) is 0 Å². The molecule has 0 N–H and O–H groups in total. The fourth-order valence-corrected chi connectivity index (χ4v) is 1.86. The first kappa shape index (κ1) is 12.2. The van der Waals surface area contributed by atoms with E-state index in [0.717, 1.165) is 17.6 Å². The summed E-state index contributed by atoms with van der Waals surface area (Å²) in [6.45, 7) is 1.41. The van der Waals surface area contributed by atoms with E-state index in [-0.39, 0.29) is 12.7 Å². The van der Waals surface area contributed by atoms with Crippen molar-refractivity contribution in [3.8, 4) is 6.07 Å². The Kier molecular flexibility index (Phi) is 3.98. The summed E-state index contributed by atoms with van der Waals surface area (Å²) in [5.41, 5.74) is 1.95. The fraction of sp³-hybridized carbons (Fsp3) is 0.286. The molecule has 2 rings (SSSR count). The average molecular weight is 242 g/mol. The van der Waals surface area contributed by atoms with E-state index in [1.165, 1.54) is 6.08 Å². The van der Waals surface area contributed by atoms with Gasteiger partial charge in [-0.2, -0.15) is 5.26 Å². The third-order valence-electron chi connectivity index (χ3n) is 2.83. The van der Waals surface area contributed by atoms with Crippen molar-refractivity contribution in [1.29, 1.82) is 5.26 Å². The number of ether oxygens (including phenoxy) is 1. The van der Waals surface area contributed by atoms with Crippen LogP contribution in [-0.2, 0) is 11.3 Å². The molecule has 0 bridgehead atoms. The molecule has 92 valence electrons. The predicted octanol–water partition coefficient (Wildman–Crippen LogP) is 2.48. The van der Waals surface area contributed by atoms with Crippen LogP contribution in [0.1, 0.15) is 12.0 Å². The number of amides is 1. The molecule has 0 atom stereocenters. The van der Waals surface area contributed by atoms with Crippen LogP contribution >= 0.6 is 0 Å². The van der Waals surface area contributed by atoms with Crippen molar-refractivity contribution in [2.24, 2.45) is 0 Å². The van der Waals surface area contributed by atoms with Gasteiger partial charge in [-0.3, -0.25) is 0 Å². The number of hydrogen-bond donors (Lipinski definition) is 0. The Bertz CT molecular complexity index is 488. The predicted molar refractivity (Wildman–Crippen MR) is 66.5 cm³/mol. The van der Waals surface area contributed by atoms with Gasteiger partial charge in [0.15, 0.2) is 0 Å². The summed E-state index contributed by atoms with van der Waals surface area (Å²) < 4.78 is 5.22. The summed E-state index contributed by atoms with van der Waals surface area (Å²) in [6, 6.07) is 11.6. The fourth-order valence-electron chi connectivity index (χ4n) is 1.86. The van der Waals surface area contributed by atoms with Crippen LogP contribution in [0.2, 0.25) is 0 Å². The van der Waals surface area contributed by atoms with Crippen LogP contribution in [0.3, 0.4) is 0 Å². The molecule has 0 aromatic heterocycles. The molecule has 0 saturated carbocycles. The lowest BCUT2D eigenvalue weighted by atomic mass is 10.2. The van der Waals surface area contributed by atoms with Gasteiger partial charge < -0.3 is 9.64 Å². The number of likely N-dealkylation sites (tertiary alicyclic amines) is 1. The summed E-state index contributed by atoms with van der Waals surface area (Å²) in [5, 5.41) is 8.54. The van der Waals surface area contributed by atoms with Crippen molar-refractivity contribution >= 4 is 6.09 Å². The Labute approximate surface area is 106 Å². The van der Waals surface area contributed by atoms with Crippen molar-refractivity contribution in [2.75, 3.05) is 13.1 Å². The maximum absolute atomic E-state index is 11.8. The lowest BCUT2D eigenvalue weighted by Crippen LogP contribution is -2.28. The van der Waals surface area contributed by atoms with E-state index in [0.29, 0.717) is 13.1 Å². The van der Waals surface area contributed by atoms with Gasteiger partial charge in [-0.05, 0) is 17.6 Å². The molecule has 0 spiro atoms. The molecule has 1 heterocycles. The van der Waals surface area contributed by atoms with Gasteiger partial charge in [0.05, 0.1) is 6.07 Å². The molecule has 1 fully saturated rings. The number of hydrogen-bond acceptors (Lipinski definition) is 3. The zero-order valence-electron chi connectivity index (χ0n) is 10.0. The molecular weight excluding hydrogens is 228 g/mol. The molecule has 4 nitrogen and oxygen atoms in total. The van der Waals surface area contributed by atoms with Gasteiger partial charge in [-0.1, -0.05) is 30.3 Å². The maximum Gasteiger partial charge on any atom is 0.410 e. The molecular formula is C14H14N2O2.